The summed E-state index contributed by atoms with van der Waals surface area (Å²) in [7, 11) is 1.87. The van der Waals surface area contributed by atoms with Gasteiger partial charge in [0, 0.05) is 42.2 Å². The lowest BCUT2D eigenvalue weighted by Gasteiger charge is -2.73. The maximum atomic E-state index is 13.3. The van der Waals surface area contributed by atoms with Crippen molar-refractivity contribution in [2.75, 3.05) is 7.05 Å². The zero-order chi connectivity index (χ0) is 33.3. The highest BCUT2D eigenvalue weighted by Gasteiger charge is 2.84. The normalized spacial score (nSPS) is 51.2. The number of aliphatic hydroxyl groups excluding tert-OH is 3. The predicted octanol–water partition coefficient (Wildman–Crippen LogP) is 0.943. The monoisotopic (exact) mass is 649 g/mol. The van der Waals surface area contributed by atoms with E-state index in [1.165, 1.54) is 0 Å². The molecule has 6 aliphatic carbocycles. The Morgan fingerprint density at radius 3 is 2.49 bits per heavy atom. The van der Waals surface area contributed by atoms with Crippen molar-refractivity contribution < 1.29 is 45.0 Å². The molecule has 10 heteroatoms. The minimum absolute atomic E-state index is 0.0894. The Bertz CT molecular complexity index is 1560. The van der Waals surface area contributed by atoms with Gasteiger partial charge in [0.2, 0.25) is 0 Å². The molecule has 10 nitrogen and oxygen atoms in total. The van der Waals surface area contributed by atoms with E-state index in [0.717, 1.165) is 23.0 Å². The lowest BCUT2D eigenvalue weighted by Crippen LogP contribution is -2.84. The molecular formula is C37H47NO9. The molecule has 0 bridgehead atoms. The van der Waals surface area contributed by atoms with E-state index in [1.54, 1.807) is 6.08 Å². The van der Waals surface area contributed by atoms with Gasteiger partial charge in [-0.2, -0.15) is 0 Å². The molecule has 0 amide bonds. The second-order valence-corrected chi connectivity index (χ2v) is 16.2. The molecule has 7 aliphatic rings. The predicted molar refractivity (Wildman–Crippen MR) is 168 cm³/mol. The molecule has 0 aromatic heterocycles. The molecule has 8 rings (SSSR count). The van der Waals surface area contributed by atoms with Crippen LogP contribution in [-0.4, -0.2) is 91.1 Å². The van der Waals surface area contributed by atoms with Crippen LogP contribution in [0.25, 0.3) is 0 Å². The number of carbonyl (C=O) groups is 2. The largest absolute Gasteiger partial charge is 0.454 e. The first-order valence-electron chi connectivity index (χ1n) is 17.3. The molecule has 0 radical (unpaired) electrons. The number of aliphatic hydroxyl groups is 6. The Balaban J connectivity index is 1.23. The fourth-order valence-corrected chi connectivity index (χ4v) is 12.9. The Hall–Kier alpha value is -2.44. The van der Waals surface area contributed by atoms with E-state index in [4.69, 9.17) is 4.74 Å². The van der Waals surface area contributed by atoms with Crippen molar-refractivity contribution in [3.63, 3.8) is 0 Å². The lowest BCUT2D eigenvalue weighted by atomic mass is 9.34. The molecule has 5 fully saturated rings. The van der Waals surface area contributed by atoms with Crippen molar-refractivity contribution in [1.82, 2.24) is 5.32 Å². The van der Waals surface area contributed by atoms with Crippen molar-refractivity contribution in [2.45, 2.75) is 99.6 Å². The van der Waals surface area contributed by atoms with E-state index in [0.29, 0.717) is 19.3 Å². The number of rotatable bonds is 6. The minimum atomic E-state index is -2.14. The van der Waals surface area contributed by atoms with E-state index in [2.05, 4.69) is 5.32 Å². The highest BCUT2D eigenvalue weighted by atomic mass is 16.5. The van der Waals surface area contributed by atoms with Crippen molar-refractivity contribution in [3.05, 3.63) is 59.2 Å². The Kier molecular flexibility index (Phi) is 6.96. The second kappa shape index (κ2) is 10.3. The maximum absolute atomic E-state index is 13.3. The summed E-state index contributed by atoms with van der Waals surface area (Å²) in [5.74, 6) is -3.07. The topological polar surface area (TPSA) is 177 Å². The molecule has 254 valence electrons. The van der Waals surface area contributed by atoms with Crippen LogP contribution < -0.4 is 5.32 Å². The summed E-state index contributed by atoms with van der Waals surface area (Å²) in [4.78, 5) is 26.4. The molecule has 5 saturated carbocycles. The van der Waals surface area contributed by atoms with Crippen LogP contribution in [-0.2, 0) is 27.4 Å². The molecule has 0 saturated heterocycles. The van der Waals surface area contributed by atoms with Crippen molar-refractivity contribution in [3.8, 4) is 0 Å². The number of likely N-dealkylation sites (N-methyl/N-ethyl adjacent to an activating group) is 1. The van der Waals surface area contributed by atoms with Crippen molar-refractivity contribution >= 4 is 12.3 Å². The summed E-state index contributed by atoms with van der Waals surface area (Å²) in [6, 6.07) is 7.58. The fourth-order valence-electron chi connectivity index (χ4n) is 12.9. The molecule has 7 N–H and O–H groups in total. The number of ether oxygens (including phenoxy) is 1. The summed E-state index contributed by atoms with van der Waals surface area (Å²) in [5, 5.41) is 74.5. The van der Waals surface area contributed by atoms with Gasteiger partial charge < -0.3 is 45.5 Å². The number of hydrogen-bond acceptors (Lipinski definition) is 10. The first kappa shape index (κ1) is 31.8. The average molecular weight is 650 g/mol. The Morgan fingerprint density at radius 2 is 1.79 bits per heavy atom. The van der Waals surface area contributed by atoms with Crippen LogP contribution in [0.1, 0.15) is 56.6 Å². The van der Waals surface area contributed by atoms with Gasteiger partial charge in [-0.3, -0.25) is 0 Å². The zero-order valence-electron chi connectivity index (χ0n) is 27.0. The number of fused-ring (bicyclic) bond motifs is 6. The van der Waals surface area contributed by atoms with Gasteiger partial charge in [0.1, 0.15) is 23.6 Å². The first-order chi connectivity index (χ1) is 22.3. The molecule has 0 spiro atoms. The van der Waals surface area contributed by atoms with Crippen LogP contribution in [0, 0.1) is 46.3 Å². The molecule has 47 heavy (non-hydrogen) atoms. The summed E-state index contributed by atoms with van der Waals surface area (Å²) < 4.78 is 6.03. The standard InChI is InChI=1S/C37H47NO9/c1-33-13-20-7-8-23-11-24(41)15-34(44)16-28(42)37(46,32(20)35(23,34)18-40)36(33,45)14-22-9-25(31-26(30(22)33)12-29(43)47-31)27(38-2)10-19-5-3-4-6-21(19)17-39/h3-8,12,18,20,22-25,27-28,30-32,38-39,41-42,44-46H,9-11,13-17H2,1-2H3/t20-,22-,23+,24-,25-,27+,28+,30+,31-,32+,33+,34-,35+,36+,37-/m0/s1. The molecular weight excluding hydrogens is 602 g/mol. The van der Waals surface area contributed by atoms with E-state index < -0.39 is 69.7 Å². The van der Waals surface area contributed by atoms with Gasteiger partial charge in [-0.15, -0.1) is 0 Å². The van der Waals surface area contributed by atoms with Gasteiger partial charge >= 0.3 is 5.97 Å². The average Bonchev–Trinajstić information content (AvgIpc) is 3.52. The van der Waals surface area contributed by atoms with Gasteiger partial charge in [-0.1, -0.05) is 43.3 Å². The van der Waals surface area contributed by atoms with Crippen LogP contribution in [0.15, 0.2) is 48.1 Å². The van der Waals surface area contributed by atoms with E-state index >= 15 is 0 Å². The number of nitrogens with one attached hydrogen (secondary N) is 1. The van der Waals surface area contributed by atoms with Crippen molar-refractivity contribution in [1.29, 1.82) is 0 Å². The van der Waals surface area contributed by atoms with Crippen LogP contribution in [0.5, 0.6) is 0 Å². The van der Waals surface area contributed by atoms with Crippen LogP contribution >= 0.6 is 0 Å². The number of esters is 1. The molecule has 1 aliphatic heterocycles. The third kappa shape index (κ3) is 3.75. The molecule has 1 aromatic carbocycles. The number of benzene rings is 1. The summed E-state index contributed by atoms with van der Waals surface area (Å²) in [6.45, 7) is 1.86. The molecule has 15 atom stereocenters. The number of allylic oxidation sites excluding steroid dienone is 2. The number of carbonyl (C=O) groups excluding carboxylic acids is 2. The fraction of sp³-hybridized carbons (Fsp3) is 0.676. The van der Waals surface area contributed by atoms with E-state index in [1.807, 2.05) is 50.4 Å². The second-order valence-electron chi connectivity index (χ2n) is 16.2. The number of hydrogen-bond donors (Lipinski definition) is 7. The van der Waals surface area contributed by atoms with Crippen LogP contribution in [0.2, 0.25) is 0 Å². The maximum Gasteiger partial charge on any atom is 0.331 e. The van der Waals surface area contributed by atoms with E-state index in [9.17, 15) is 40.2 Å². The highest BCUT2D eigenvalue weighted by Crippen LogP contribution is 2.77. The lowest BCUT2D eigenvalue weighted by molar-refractivity contribution is -0.361. The molecule has 0 unspecified atom stereocenters. The number of aldehydes is 1. The Labute approximate surface area is 274 Å². The van der Waals surface area contributed by atoms with Gasteiger partial charge in [-0.25, -0.2) is 4.79 Å². The quantitative estimate of drug-likeness (QED) is 0.133. The molecule has 1 aromatic rings. The van der Waals surface area contributed by atoms with Gasteiger partial charge in [0.25, 0.3) is 0 Å². The van der Waals surface area contributed by atoms with Gasteiger partial charge in [0.15, 0.2) is 0 Å². The summed E-state index contributed by atoms with van der Waals surface area (Å²) in [5.41, 5.74) is -5.61. The van der Waals surface area contributed by atoms with E-state index in [-0.39, 0.29) is 56.1 Å². The molecule has 1 heterocycles. The van der Waals surface area contributed by atoms with Crippen LogP contribution in [0.4, 0.5) is 0 Å². The van der Waals surface area contributed by atoms with Crippen LogP contribution in [0.3, 0.4) is 0 Å². The highest BCUT2D eigenvalue weighted by molar-refractivity contribution is 5.86. The third-order valence-electron chi connectivity index (χ3n) is 14.5. The third-order valence-corrected chi connectivity index (χ3v) is 14.5. The van der Waals surface area contributed by atoms with Gasteiger partial charge in [-0.05, 0) is 79.5 Å². The minimum Gasteiger partial charge on any atom is -0.454 e. The van der Waals surface area contributed by atoms with Gasteiger partial charge in [0.05, 0.1) is 29.8 Å². The summed E-state index contributed by atoms with van der Waals surface area (Å²) >= 11 is 0. The summed E-state index contributed by atoms with van der Waals surface area (Å²) in [6.07, 6.45) is 4.70. The van der Waals surface area contributed by atoms with Crippen molar-refractivity contribution in [2.24, 2.45) is 46.3 Å². The first-order valence-corrected chi connectivity index (χ1v) is 17.3. The zero-order valence-corrected chi connectivity index (χ0v) is 27.0. The Morgan fingerprint density at radius 1 is 1.04 bits per heavy atom. The smallest absolute Gasteiger partial charge is 0.331 e. The SMILES string of the molecule is CN[C@H](Cc1ccccc1CO)[C@@H]1C[C@H]2C[C@]3(O)[C@]4(O)[C@H](O)C[C@@]5(O)C[C@@H](O)C[C@H]6C=C[C@@H](C[C@]3(C)[C@H]2C2=CC(=O)O[C@H]21)[C@@H]4[C@@]65C=O.